The quantitative estimate of drug-likeness (QED) is 0.238. The molecule has 4 rings (SSSR count). The Bertz CT molecular complexity index is 1350. The van der Waals surface area contributed by atoms with E-state index in [1.165, 1.54) is 21.3 Å². The highest BCUT2D eigenvalue weighted by molar-refractivity contribution is 7.17. The number of Topliss-reactive ketones (excluding diaryl/α,β-unsaturated/α-hetero) is 1. The monoisotopic (exact) mass is 494 g/mol. The fourth-order valence-corrected chi connectivity index (χ4v) is 4.98. The van der Waals surface area contributed by atoms with E-state index in [-0.39, 0.29) is 27.1 Å². The van der Waals surface area contributed by atoms with Crippen molar-refractivity contribution >= 4 is 39.9 Å². The average molecular weight is 495 g/mol. The van der Waals surface area contributed by atoms with Crippen LogP contribution >= 0.6 is 11.3 Å². The lowest BCUT2D eigenvalue weighted by Crippen LogP contribution is -2.29. The first kappa shape index (κ1) is 24.0. The fourth-order valence-electron chi connectivity index (χ4n) is 3.97. The number of ketones is 1. The van der Waals surface area contributed by atoms with Gasteiger partial charge < -0.3 is 19.3 Å². The predicted molar refractivity (Wildman–Crippen MR) is 129 cm³/mol. The number of benzene rings is 2. The molecule has 0 bridgehead atoms. The molecule has 1 fully saturated rings. The van der Waals surface area contributed by atoms with Crippen LogP contribution in [-0.2, 0) is 14.3 Å². The van der Waals surface area contributed by atoms with Gasteiger partial charge in [0.2, 0.25) is 0 Å². The third-order valence-electron chi connectivity index (χ3n) is 5.58. The topological polar surface area (TPSA) is 115 Å². The Labute approximate surface area is 205 Å². The largest absolute Gasteiger partial charge is 0.507 e. The summed E-state index contributed by atoms with van der Waals surface area (Å²) in [6.45, 7) is 1.61. The van der Waals surface area contributed by atoms with E-state index in [4.69, 9.17) is 14.2 Å². The molecule has 1 aliphatic heterocycles. The number of thiazole rings is 1. The van der Waals surface area contributed by atoms with Gasteiger partial charge in [-0.3, -0.25) is 14.5 Å². The van der Waals surface area contributed by atoms with Gasteiger partial charge in [0.25, 0.3) is 5.78 Å². The van der Waals surface area contributed by atoms with Crippen molar-refractivity contribution in [3.63, 3.8) is 0 Å². The first-order chi connectivity index (χ1) is 16.8. The normalized spacial score (nSPS) is 16.9. The highest BCUT2D eigenvalue weighted by Gasteiger charge is 2.49. The van der Waals surface area contributed by atoms with Gasteiger partial charge in [-0.15, -0.1) is 0 Å². The van der Waals surface area contributed by atoms with Crippen molar-refractivity contribution in [2.75, 3.05) is 26.2 Å². The molecule has 10 heteroatoms. The highest BCUT2D eigenvalue weighted by atomic mass is 32.1. The van der Waals surface area contributed by atoms with Crippen LogP contribution in [0.5, 0.6) is 11.5 Å². The molecule has 1 aliphatic rings. The van der Waals surface area contributed by atoms with Gasteiger partial charge in [0.15, 0.2) is 16.6 Å². The zero-order chi connectivity index (χ0) is 25.3. The van der Waals surface area contributed by atoms with Crippen LogP contribution in [0.25, 0.3) is 5.76 Å². The molecule has 1 N–H and O–H groups in total. The Kier molecular flexibility index (Phi) is 6.57. The van der Waals surface area contributed by atoms with Crippen molar-refractivity contribution < 1.29 is 33.7 Å². The molecule has 0 spiro atoms. The summed E-state index contributed by atoms with van der Waals surface area (Å²) in [5.74, 6) is -2.09. The smallest absolute Gasteiger partial charge is 0.350 e. The van der Waals surface area contributed by atoms with E-state index in [1.54, 1.807) is 55.5 Å². The van der Waals surface area contributed by atoms with Gasteiger partial charge >= 0.3 is 11.9 Å². The Balaban J connectivity index is 2.01. The van der Waals surface area contributed by atoms with Crippen molar-refractivity contribution in [3.8, 4) is 11.5 Å². The zero-order valence-electron chi connectivity index (χ0n) is 19.4. The first-order valence-electron chi connectivity index (χ1n) is 10.5. The lowest BCUT2D eigenvalue weighted by molar-refractivity contribution is -0.132. The minimum absolute atomic E-state index is 0.104. The molecular weight excluding hydrogens is 472 g/mol. The Morgan fingerprint density at radius 3 is 2.37 bits per heavy atom. The highest BCUT2D eigenvalue weighted by Crippen LogP contribution is 2.48. The van der Waals surface area contributed by atoms with Crippen molar-refractivity contribution in [2.24, 2.45) is 0 Å². The van der Waals surface area contributed by atoms with Crippen molar-refractivity contribution in [3.05, 3.63) is 75.8 Å². The zero-order valence-corrected chi connectivity index (χ0v) is 20.2. The third kappa shape index (κ3) is 4.01. The fraction of sp³-hybridized carbons (Fsp3) is 0.200. The van der Waals surface area contributed by atoms with Gasteiger partial charge in [0.1, 0.15) is 16.7 Å². The van der Waals surface area contributed by atoms with Gasteiger partial charge in [0.05, 0.1) is 32.6 Å². The van der Waals surface area contributed by atoms with Crippen LogP contribution in [0, 0.1) is 6.92 Å². The number of carbonyl (C=O) groups is 3. The van der Waals surface area contributed by atoms with Crippen molar-refractivity contribution in [2.45, 2.75) is 13.0 Å². The summed E-state index contributed by atoms with van der Waals surface area (Å²) in [5, 5.41) is 11.3. The molecule has 0 aliphatic carbocycles. The SMILES string of the molecule is COC(=O)c1sc(N2C(=O)C(=O)C(=C(O)c3ccccc3)C2c2cccc(OC)c2OC)nc1C. The summed E-state index contributed by atoms with van der Waals surface area (Å²) in [5.41, 5.74) is 0.970. The van der Waals surface area contributed by atoms with Gasteiger partial charge in [-0.25, -0.2) is 9.78 Å². The van der Waals surface area contributed by atoms with Crippen LogP contribution in [0.1, 0.15) is 32.5 Å². The van der Waals surface area contributed by atoms with E-state index in [9.17, 15) is 19.5 Å². The number of para-hydroxylation sites is 1. The van der Waals surface area contributed by atoms with Gasteiger partial charge in [-0.2, -0.15) is 0 Å². The molecule has 0 saturated carbocycles. The maximum absolute atomic E-state index is 13.4. The number of nitrogens with zero attached hydrogens (tertiary/aromatic N) is 2. The number of aliphatic hydroxyl groups is 1. The van der Waals surface area contributed by atoms with Gasteiger partial charge in [-0.05, 0) is 13.0 Å². The van der Waals surface area contributed by atoms with Crippen LogP contribution in [-0.4, -0.2) is 49.1 Å². The minimum Gasteiger partial charge on any atom is -0.507 e. The van der Waals surface area contributed by atoms with Gasteiger partial charge in [0, 0.05) is 11.1 Å². The maximum Gasteiger partial charge on any atom is 0.350 e. The second-order valence-electron chi connectivity index (χ2n) is 7.52. The molecule has 1 aromatic heterocycles. The van der Waals surface area contributed by atoms with Crippen LogP contribution in [0.3, 0.4) is 0 Å². The Morgan fingerprint density at radius 2 is 1.74 bits per heavy atom. The third-order valence-corrected chi connectivity index (χ3v) is 6.72. The molecular formula is C25H22N2O7S. The number of methoxy groups -OCH3 is 3. The summed E-state index contributed by atoms with van der Waals surface area (Å²) in [6, 6.07) is 12.4. The van der Waals surface area contributed by atoms with E-state index in [0.717, 1.165) is 16.2 Å². The maximum atomic E-state index is 13.4. The molecule has 180 valence electrons. The second-order valence-corrected chi connectivity index (χ2v) is 8.50. The summed E-state index contributed by atoms with van der Waals surface area (Å²) < 4.78 is 15.8. The molecule has 2 heterocycles. The lowest BCUT2D eigenvalue weighted by Gasteiger charge is -2.25. The summed E-state index contributed by atoms with van der Waals surface area (Å²) in [6.07, 6.45) is 0. The molecule has 1 amide bonds. The minimum atomic E-state index is -1.10. The van der Waals surface area contributed by atoms with E-state index < -0.39 is 23.7 Å². The Morgan fingerprint density at radius 1 is 1.03 bits per heavy atom. The lowest BCUT2D eigenvalue weighted by atomic mass is 9.94. The summed E-state index contributed by atoms with van der Waals surface area (Å²) in [4.78, 5) is 44.6. The number of hydrogen-bond acceptors (Lipinski definition) is 9. The molecule has 35 heavy (non-hydrogen) atoms. The molecule has 2 aromatic carbocycles. The number of aromatic nitrogens is 1. The molecule has 3 aromatic rings. The number of carbonyl (C=O) groups excluding carboxylic acids is 3. The van der Waals surface area contributed by atoms with E-state index in [0.29, 0.717) is 22.6 Å². The van der Waals surface area contributed by atoms with E-state index in [2.05, 4.69) is 4.98 Å². The molecule has 0 radical (unpaired) electrons. The van der Waals surface area contributed by atoms with Crippen LogP contribution in [0.4, 0.5) is 5.13 Å². The first-order valence-corrected chi connectivity index (χ1v) is 11.3. The summed E-state index contributed by atoms with van der Waals surface area (Å²) >= 11 is 0.918. The van der Waals surface area contributed by atoms with Crippen molar-refractivity contribution in [1.82, 2.24) is 4.98 Å². The Hall–Kier alpha value is -4.18. The molecule has 1 saturated heterocycles. The standard InChI is InChI=1S/C25H22N2O7S/c1-13-22(24(31)34-4)35-25(26-13)27-18(15-11-8-12-16(32-2)21(15)33-3)17(20(29)23(27)30)19(28)14-9-6-5-7-10-14/h5-12,18,28H,1-4H3. The number of aryl methyl sites for hydroxylation is 1. The molecule has 9 nitrogen and oxygen atoms in total. The average Bonchev–Trinajstić information content (AvgIpc) is 3.39. The number of hydrogen-bond donors (Lipinski definition) is 1. The van der Waals surface area contributed by atoms with Crippen LogP contribution < -0.4 is 14.4 Å². The van der Waals surface area contributed by atoms with Crippen LogP contribution in [0.15, 0.2) is 54.1 Å². The van der Waals surface area contributed by atoms with Crippen molar-refractivity contribution in [1.29, 1.82) is 0 Å². The van der Waals surface area contributed by atoms with E-state index in [1.807, 2.05) is 0 Å². The molecule has 1 unspecified atom stereocenters. The predicted octanol–water partition coefficient (Wildman–Crippen LogP) is 3.88. The number of aliphatic hydroxyl groups excluding tert-OH is 1. The number of rotatable bonds is 6. The van der Waals surface area contributed by atoms with Crippen LogP contribution in [0.2, 0.25) is 0 Å². The molecule has 1 atom stereocenters. The summed E-state index contributed by atoms with van der Waals surface area (Å²) in [7, 11) is 4.15. The van der Waals surface area contributed by atoms with E-state index >= 15 is 0 Å². The second kappa shape index (κ2) is 9.59. The number of anilines is 1. The number of amides is 1. The van der Waals surface area contributed by atoms with Gasteiger partial charge in [-0.1, -0.05) is 53.8 Å². The number of esters is 1. The number of ether oxygens (including phenoxy) is 3.